The largest absolute Gasteiger partial charge is 0.507 e. The van der Waals surface area contributed by atoms with E-state index in [0.717, 1.165) is 38.2 Å². The molecule has 186 valence electrons. The van der Waals surface area contributed by atoms with Gasteiger partial charge in [0.2, 0.25) is 0 Å². The number of hydrogen-bond acceptors (Lipinski definition) is 6. The number of ether oxygens (including phenoxy) is 1. The molecule has 1 atom stereocenters. The van der Waals surface area contributed by atoms with Crippen LogP contribution >= 0.6 is 0 Å². The molecule has 3 rings (SSSR count). The Hall–Kier alpha value is -2.88. The first-order chi connectivity index (χ1) is 16.2. The van der Waals surface area contributed by atoms with E-state index in [-0.39, 0.29) is 47.5 Å². The summed E-state index contributed by atoms with van der Waals surface area (Å²) in [7, 11) is 0. The molecule has 0 saturated heterocycles. The smallest absolute Gasteiger partial charge is 0.416 e. The van der Waals surface area contributed by atoms with Crippen LogP contribution in [0, 0.1) is 0 Å². The number of rotatable bonds is 8. The maximum absolute atomic E-state index is 13.3. The van der Waals surface area contributed by atoms with Crippen molar-refractivity contribution in [2.45, 2.75) is 77.6 Å². The summed E-state index contributed by atoms with van der Waals surface area (Å²) in [6.07, 6.45) is 1.08. The number of nitrogens with two attached hydrogens (primary N) is 1. The van der Waals surface area contributed by atoms with Crippen LogP contribution in [0.25, 0.3) is 11.3 Å². The number of carbonyl (C=O) groups is 1. The minimum atomic E-state index is -4.64. The number of fused-ring (bicyclic) bond motifs is 3. The second-order valence-corrected chi connectivity index (χ2v) is 8.54. The number of unbranched alkanes of at least 4 members (excludes halogenated alkanes) is 2. The number of alkyl halides is 3. The number of nitrogens with one attached hydrogen (secondary N) is 1. The first-order valence-electron chi connectivity index (χ1n) is 11.6. The first-order valence-corrected chi connectivity index (χ1v) is 11.6. The van der Waals surface area contributed by atoms with Crippen molar-refractivity contribution < 1.29 is 27.8 Å². The summed E-state index contributed by atoms with van der Waals surface area (Å²) in [5.41, 5.74) is 5.68. The summed E-state index contributed by atoms with van der Waals surface area (Å²) in [5, 5.41) is 22.4. The third-order valence-corrected chi connectivity index (χ3v) is 6.05. The Morgan fingerprint density at radius 3 is 2.68 bits per heavy atom. The van der Waals surface area contributed by atoms with Crippen LogP contribution in [0.2, 0.25) is 0 Å². The van der Waals surface area contributed by atoms with Gasteiger partial charge in [-0.1, -0.05) is 33.1 Å². The highest BCUT2D eigenvalue weighted by molar-refractivity contribution is 6.01. The average molecular weight is 481 g/mol. The van der Waals surface area contributed by atoms with E-state index in [1.807, 2.05) is 6.92 Å². The van der Waals surface area contributed by atoms with Crippen molar-refractivity contribution in [2.24, 2.45) is 5.73 Å². The van der Waals surface area contributed by atoms with Crippen molar-refractivity contribution in [3.8, 4) is 17.0 Å². The lowest BCUT2D eigenvalue weighted by Crippen LogP contribution is -2.25. The number of anilines is 1. The first kappa shape index (κ1) is 25.7. The van der Waals surface area contributed by atoms with Crippen LogP contribution in [0.1, 0.15) is 79.4 Å². The molecule has 2 heterocycles. The van der Waals surface area contributed by atoms with Gasteiger partial charge in [-0.25, -0.2) is 0 Å². The molecule has 1 aromatic carbocycles. The molecular formula is C24H31F3N4O3. The number of halogens is 3. The van der Waals surface area contributed by atoms with Crippen molar-refractivity contribution in [1.29, 1.82) is 0 Å². The average Bonchev–Trinajstić information content (AvgIpc) is 2.86. The summed E-state index contributed by atoms with van der Waals surface area (Å²) in [6, 6.07) is 1.65. The molecule has 0 spiro atoms. The third kappa shape index (κ3) is 5.78. The number of nitrogens with zero attached hydrogens (tertiary/aromatic N) is 2. The highest BCUT2D eigenvalue weighted by Crippen LogP contribution is 2.41. The minimum absolute atomic E-state index is 0.0618. The number of amides is 1. The number of aromatic hydroxyl groups is 1. The van der Waals surface area contributed by atoms with E-state index >= 15 is 0 Å². The van der Waals surface area contributed by atoms with Crippen molar-refractivity contribution in [3.63, 3.8) is 0 Å². The Kier molecular flexibility index (Phi) is 8.35. The number of carbonyl (C=O) groups excluding carboxylic acids is 1. The highest BCUT2D eigenvalue weighted by Gasteiger charge is 2.34. The van der Waals surface area contributed by atoms with Gasteiger partial charge < -0.3 is 20.9 Å². The third-order valence-electron chi connectivity index (χ3n) is 6.05. The number of benzene rings is 1. The standard InChI is InChI=1S/C24H31F3N4O3/c1-3-5-6-8-16(4-2)29-23-20(22(28)33)17-9-7-10-34-13-14-11-15(24(25,26)27)12-18(32)19(14)21(17)30-31-23/h11-12,16,32H,3-10,13H2,1-2H3,(H2,28,33)(H,29,31). The van der Waals surface area contributed by atoms with Crippen LogP contribution in [0.5, 0.6) is 5.75 Å². The Morgan fingerprint density at radius 2 is 2.03 bits per heavy atom. The SMILES string of the molecule is CCCCCC(CC)Nc1nnc2c(c1C(N)=O)CCCOCc1cc(C(F)(F)F)cc(O)c1-2. The molecule has 7 nitrogen and oxygen atoms in total. The molecule has 4 N–H and O–H groups in total. The summed E-state index contributed by atoms with van der Waals surface area (Å²) >= 11 is 0. The van der Waals surface area contributed by atoms with E-state index in [2.05, 4.69) is 22.4 Å². The van der Waals surface area contributed by atoms with Gasteiger partial charge in [0.15, 0.2) is 5.82 Å². The summed E-state index contributed by atoms with van der Waals surface area (Å²) in [4.78, 5) is 12.6. The van der Waals surface area contributed by atoms with E-state index in [0.29, 0.717) is 24.5 Å². The van der Waals surface area contributed by atoms with Crippen LogP contribution < -0.4 is 11.1 Å². The predicted octanol–water partition coefficient (Wildman–Crippen LogP) is 5.20. The fourth-order valence-corrected chi connectivity index (χ4v) is 4.26. The van der Waals surface area contributed by atoms with E-state index < -0.39 is 23.4 Å². The van der Waals surface area contributed by atoms with Crippen LogP contribution in [0.4, 0.5) is 19.0 Å². The summed E-state index contributed by atoms with van der Waals surface area (Å²) in [5.74, 6) is -1.07. The second kappa shape index (κ2) is 11.0. The number of primary amides is 1. The fourth-order valence-electron chi connectivity index (χ4n) is 4.26. The quantitative estimate of drug-likeness (QED) is 0.448. The van der Waals surface area contributed by atoms with Gasteiger partial charge in [0.25, 0.3) is 5.91 Å². The molecule has 1 unspecified atom stereocenters. The number of phenols is 1. The molecule has 0 radical (unpaired) electrons. The molecule has 0 fully saturated rings. The normalized spacial score (nSPS) is 14.9. The van der Waals surface area contributed by atoms with Gasteiger partial charge in [-0.05, 0) is 48.9 Å². The molecule has 1 amide bonds. The molecular weight excluding hydrogens is 449 g/mol. The zero-order valence-corrected chi connectivity index (χ0v) is 19.5. The molecule has 10 heteroatoms. The Balaban J connectivity index is 2.14. The molecule has 0 bridgehead atoms. The van der Waals surface area contributed by atoms with Crippen LogP contribution in [-0.4, -0.2) is 33.9 Å². The van der Waals surface area contributed by atoms with Gasteiger partial charge in [-0.2, -0.15) is 13.2 Å². The number of aromatic nitrogens is 2. The molecule has 0 saturated carbocycles. The van der Waals surface area contributed by atoms with Gasteiger partial charge in [0.05, 0.1) is 17.7 Å². The zero-order chi connectivity index (χ0) is 24.9. The van der Waals surface area contributed by atoms with Crippen LogP contribution in [0.3, 0.4) is 0 Å². The topological polar surface area (TPSA) is 110 Å². The summed E-state index contributed by atoms with van der Waals surface area (Å²) < 4.78 is 45.6. The summed E-state index contributed by atoms with van der Waals surface area (Å²) in [6.45, 7) is 4.27. The van der Waals surface area contributed by atoms with Crippen molar-refractivity contribution in [2.75, 3.05) is 11.9 Å². The van der Waals surface area contributed by atoms with Gasteiger partial charge in [0.1, 0.15) is 11.4 Å². The minimum Gasteiger partial charge on any atom is -0.507 e. The Morgan fingerprint density at radius 1 is 1.26 bits per heavy atom. The molecule has 1 aliphatic rings. The van der Waals surface area contributed by atoms with E-state index in [4.69, 9.17) is 10.5 Å². The van der Waals surface area contributed by atoms with Gasteiger partial charge >= 0.3 is 6.18 Å². The van der Waals surface area contributed by atoms with E-state index in [1.54, 1.807) is 0 Å². The molecule has 1 aromatic heterocycles. The van der Waals surface area contributed by atoms with Crippen LogP contribution in [-0.2, 0) is 23.9 Å². The zero-order valence-electron chi connectivity index (χ0n) is 19.5. The van der Waals surface area contributed by atoms with Gasteiger partial charge in [0, 0.05) is 18.2 Å². The van der Waals surface area contributed by atoms with E-state index in [9.17, 15) is 23.1 Å². The monoisotopic (exact) mass is 480 g/mol. The second-order valence-electron chi connectivity index (χ2n) is 8.54. The lowest BCUT2D eigenvalue weighted by atomic mass is 9.93. The lowest BCUT2D eigenvalue weighted by molar-refractivity contribution is -0.137. The molecule has 34 heavy (non-hydrogen) atoms. The predicted molar refractivity (Wildman–Crippen MR) is 122 cm³/mol. The maximum atomic E-state index is 13.3. The van der Waals surface area contributed by atoms with Crippen LogP contribution in [0.15, 0.2) is 12.1 Å². The van der Waals surface area contributed by atoms with Crippen molar-refractivity contribution in [1.82, 2.24) is 10.2 Å². The number of phenolic OH excluding ortho intramolecular Hbond substituents is 1. The van der Waals surface area contributed by atoms with Gasteiger partial charge in [-0.3, -0.25) is 4.79 Å². The van der Waals surface area contributed by atoms with Gasteiger partial charge in [-0.15, -0.1) is 10.2 Å². The Labute approximate surface area is 196 Å². The molecule has 0 aliphatic carbocycles. The lowest BCUT2D eigenvalue weighted by Gasteiger charge is -2.22. The fraction of sp³-hybridized carbons (Fsp3) is 0.542. The highest BCUT2D eigenvalue weighted by atomic mass is 19.4. The van der Waals surface area contributed by atoms with Crippen molar-refractivity contribution >= 4 is 11.7 Å². The number of hydrogen-bond donors (Lipinski definition) is 3. The van der Waals surface area contributed by atoms with Crippen molar-refractivity contribution in [3.05, 3.63) is 34.4 Å². The maximum Gasteiger partial charge on any atom is 0.416 e. The molecule has 2 aromatic rings. The Bertz CT molecular complexity index is 1030. The molecule has 1 aliphatic heterocycles. The van der Waals surface area contributed by atoms with E-state index in [1.165, 1.54) is 0 Å².